The number of hydrogen-bond acceptors (Lipinski definition) is 3. The highest BCUT2D eigenvalue weighted by atomic mass is 16.5. The van der Waals surface area contributed by atoms with E-state index in [4.69, 9.17) is 9.47 Å². The van der Waals surface area contributed by atoms with Gasteiger partial charge in [-0.3, -0.25) is 0 Å². The largest absolute Gasteiger partial charge is 0.390 e. The van der Waals surface area contributed by atoms with Crippen LogP contribution in [0, 0.1) is 0 Å². The highest BCUT2D eigenvalue weighted by Crippen LogP contribution is 2.32. The molecule has 1 atom stereocenters. The third kappa shape index (κ3) is 3.56. The summed E-state index contributed by atoms with van der Waals surface area (Å²) in [5.41, 5.74) is -0.943. The van der Waals surface area contributed by atoms with Crippen LogP contribution in [0.5, 0.6) is 0 Å². The summed E-state index contributed by atoms with van der Waals surface area (Å²) in [7, 11) is 1.68. The summed E-state index contributed by atoms with van der Waals surface area (Å²) in [4.78, 5) is 0. The van der Waals surface area contributed by atoms with Crippen LogP contribution >= 0.6 is 0 Å². The van der Waals surface area contributed by atoms with Crippen molar-refractivity contribution in [3.8, 4) is 0 Å². The first-order valence-electron chi connectivity index (χ1n) is 5.33. The molecule has 1 aliphatic rings. The Hall–Kier alpha value is -0.120. The molecule has 0 aliphatic carbocycles. The number of rotatable bonds is 4. The van der Waals surface area contributed by atoms with Gasteiger partial charge >= 0.3 is 0 Å². The van der Waals surface area contributed by atoms with Crippen molar-refractivity contribution < 1.29 is 14.6 Å². The van der Waals surface area contributed by atoms with E-state index in [1.807, 2.05) is 13.8 Å². The average Bonchev–Trinajstić information content (AvgIpc) is 2.02. The van der Waals surface area contributed by atoms with E-state index >= 15 is 0 Å². The van der Waals surface area contributed by atoms with E-state index in [-0.39, 0.29) is 5.60 Å². The van der Waals surface area contributed by atoms with Gasteiger partial charge in [-0.05, 0) is 33.1 Å². The Morgan fingerprint density at radius 2 is 2.14 bits per heavy atom. The quantitative estimate of drug-likeness (QED) is 0.754. The summed E-state index contributed by atoms with van der Waals surface area (Å²) in [6.45, 7) is 5.02. The summed E-state index contributed by atoms with van der Waals surface area (Å²) in [5.74, 6) is 0. The molecule has 0 aromatic heterocycles. The molecule has 3 nitrogen and oxygen atoms in total. The summed E-state index contributed by atoms with van der Waals surface area (Å²) in [6.07, 6.45) is 3.93. The predicted molar refractivity (Wildman–Crippen MR) is 55.3 cm³/mol. The normalized spacial score (nSPS) is 29.1. The third-order valence-electron chi connectivity index (χ3n) is 2.60. The van der Waals surface area contributed by atoms with Crippen molar-refractivity contribution in [1.29, 1.82) is 0 Å². The topological polar surface area (TPSA) is 38.7 Å². The van der Waals surface area contributed by atoms with Crippen molar-refractivity contribution in [3.63, 3.8) is 0 Å². The SMILES string of the molecule is COCC1(CC(C)(C)O)CCCCO1. The van der Waals surface area contributed by atoms with E-state index in [9.17, 15) is 5.11 Å². The predicted octanol–water partition coefficient (Wildman–Crippen LogP) is 1.73. The van der Waals surface area contributed by atoms with Gasteiger partial charge in [-0.2, -0.15) is 0 Å². The molecule has 0 saturated carbocycles. The maximum absolute atomic E-state index is 9.83. The lowest BCUT2D eigenvalue weighted by Crippen LogP contribution is -2.46. The first kappa shape index (κ1) is 12.0. The standard InChI is InChI=1S/C11H22O3/c1-10(2,12)8-11(9-13-3)6-4-5-7-14-11/h12H,4-9H2,1-3H3. The molecule has 1 heterocycles. The van der Waals surface area contributed by atoms with E-state index in [1.54, 1.807) is 7.11 Å². The first-order chi connectivity index (χ1) is 6.47. The molecule has 0 spiro atoms. The Kier molecular flexibility index (Phi) is 3.93. The van der Waals surface area contributed by atoms with Crippen molar-refractivity contribution in [2.45, 2.75) is 50.7 Å². The zero-order valence-electron chi connectivity index (χ0n) is 9.51. The molecule has 0 bridgehead atoms. The van der Waals surface area contributed by atoms with Crippen LogP contribution in [0.2, 0.25) is 0 Å². The van der Waals surface area contributed by atoms with Gasteiger partial charge in [0.05, 0.1) is 17.8 Å². The molecular weight excluding hydrogens is 180 g/mol. The monoisotopic (exact) mass is 202 g/mol. The van der Waals surface area contributed by atoms with Crippen LogP contribution in [0.1, 0.15) is 39.5 Å². The minimum absolute atomic E-state index is 0.259. The van der Waals surface area contributed by atoms with E-state index in [2.05, 4.69) is 0 Å². The smallest absolute Gasteiger partial charge is 0.0941 e. The molecule has 14 heavy (non-hydrogen) atoms. The molecule has 0 aromatic carbocycles. The minimum Gasteiger partial charge on any atom is -0.390 e. The fourth-order valence-electron chi connectivity index (χ4n) is 2.27. The molecule has 1 saturated heterocycles. The van der Waals surface area contributed by atoms with Gasteiger partial charge in [0.1, 0.15) is 0 Å². The van der Waals surface area contributed by atoms with E-state index in [0.717, 1.165) is 19.4 Å². The molecule has 1 fully saturated rings. The maximum atomic E-state index is 9.83. The van der Waals surface area contributed by atoms with Gasteiger partial charge in [-0.25, -0.2) is 0 Å². The number of ether oxygens (including phenoxy) is 2. The van der Waals surface area contributed by atoms with Crippen LogP contribution in [-0.2, 0) is 9.47 Å². The molecule has 3 heteroatoms. The Morgan fingerprint density at radius 3 is 2.57 bits per heavy atom. The van der Waals surface area contributed by atoms with Crippen LogP contribution < -0.4 is 0 Å². The molecule has 1 rings (SSSR count). The highest BCUT2D eigenvalue weighted by Gasteiger charge is 2.38. The summed E-state index contributed by atoms with van der Waals surface area (Å²) < 4.78 is 11.0. The fraction of sp³-hybridized carbons (Fsp3) is 1.00. The van der Waals surface area contributed by atoms with Crippen LogP contribution in [0.4, 0.5) is 0 Å². The maximum Gasteiger partial charge on any atom is 0.0941 e. The average molecular weight is 202 g/mol. The van der Waals surface area contributed by atoms with E-state index < -0.39 is 5.60 Å². The lowest BCUT2D eigenvalue weighted by Gasteiger charge is -2.40. The Labute approximate surface area is 86.4 Å². The van der Waals surface area contributed by atoms with Gasteiger partial charge in [-0.1, -0.05) is 0 Å². The van der Waals surface area contributed by atoms with Crippen molar-refractivity contribution in [3.05, 3.63) is 0 Å². The van der Waals surface area contributed by atoms with Gasteiger partial charge in [0.25, 0.3) is 0 Å². The van der Waals surface area contributed by atoms with Crippen LogP contribution in [0.15, 0.2) is 0 Å². The molecule has 1 aliphatic heterocycles. The zero-order chi connectivity index (χ0) is 10.7. The minimum atomic E-state index is -0.685. The van der Waals surface area contributed by atoms with Crippen molar-refractivity contribution in [2.24, 2.45) is 0 Å². The number of hydrogen-bond donors (Lipinski definition) is 1. The van der Waals surface area contributed by atoms with E-state index in [0.29, 0.717) is 13.0 Å². The second-order valence-corrected chi connectivity index (χ2v) is 4.91. The second kappa shape index (κ2) is 4.60. The zero-order valence-corrected chi connectivity index (χ0v) is 9.51. The summed E-state index contributed by atoms with van der Waals surface area (Å²) in [5, 5.41) is 9.83. The Balaban J connectivity index is 2.60. The van der Waals surface area contributed by atoms with Gasteiger partial charge in [-0.15, -0.1) is 0 Å². The summed E-state index contributed by atoms with van der Waals surface area (Å²) in [6, 6.07) is 0. The van der Waals surface area contributed by atoms with Gasteiger partial charge in [0.15, 0.2) is 0 Å². The highest BCUT2D eigenvalue weighted by molar-refractivity contribution is 4.89. The molecule has 84 valence electrons. The fourth-order valence-corrected chi connectivity index (χ4v) is 2.27. The van der Waals surface area contributed by atoms with Gasteiger partial charge < -0.3 is 14.6 Å². The molecule has 0 amide bonds. The third-order valence-corrected chi connectivity index (χ3v) is 2.60. The van der Waals surface area contributed by atoms with Gasteiger partial charge in [0.2, 0.25) is 0 Å². The van der Waals surface area contributed by atoms with Gasteiger partial charge in [0, 0.05) is 20.1 Å². The molecule has 1 unspecified atom stereocenters. The lowest BCUT2D eigenvalue weighted by molar-refractivity contribution is -0.147. The lowest BCUT2D eigenvalue weighted by atomic mass is 9.84. The van der Waals surface area contributed by atoms with E-state index in [1.165, 1.54) is 6.42 Å². The number of aliphatic hydroxyl groups is 1. The van der Waals surface area contributed by atoms with Crippen LogP contribution in [-0.4, -0.2) is 36.6 Å². The van der Waals surface area contributed by atoms with Crippen molar-refractivity contribution >= 4 is 0 Å². The second-order valence-electron chi connectivity index (χ2n) is 4.91. The molecule has 0 aromatic rings. The van der Waals surface area contributed by atoms with Crippen molar-refractivity contribution in [2.75, 3.05) is 20.3 Å². The molecule has 1 N–H and O–H groups in total. The Morgan fingerprint density at radius 1 is 1.43 bits per heavy atom. The van der Waals surface area contributed by atoms with Crippen LogP contribution in [0.25, 0.3) is 0 Å². The summed E-state index contributed by atoms with van der Waals surface area (Å²) >= 11 is 0. The first-order valence-corrected chi connectivity index (χ1v) is 5.33. The number of methoxy groups -OCH3 is 1. The molecular formula is C11H22O3. The van der Waals surface area contributed by atoms with Crippen molar-refractivity contribution in [1.82, 2.24) is 0 Å². The molecule has 0 radical (unpaired) electrons. The Bertz CT molecular complexity index is 160. The van der Waals surface area contributed by atoms with Crippen LogP contribution in [0.3, 0.4) is 0 Å².